The highest BCUT2D eigenvalue weighted by atomic mass is 16.3. The molecule has 3 rings (SSSR count). The molecule has 3 nitrogen and oxygen atoms in total. The van der Waals surface area contributed by atoms with Crippen molar-refractivity contribution in [3.63, 3.8) is 0 Å². The lowest BCUT2D eigenvalue weighted by Gasteiger charge is -2.11. The molecule has 0 radical (unpaired) electrons. The van der Waals surface area contributed by atoms with Gasteiger partial charge in [-0.3, -0.25) is 4.79 Å². The first-order valence-electron chi connectivity index (χ1n) is 9.37. The Labute approximate surface area is 161 Å². The molecule has 0 saturated heterocycles. The third-order valence-electron chi connectivity index (χ3n) is 4.47. The molecule has 0 bridgehead atoms. The summed E-state index contributed by atoms with van der Waals surface area (Å²) in [6, 6.07) is 11.0. The van der Waals surface area contributed by atoms with Crippen LogP contribution >= 0.6 is 0 Å². The van der Waals surface area contributed by atoms with Crippen LogP contribution in [0.2, 0.25) is 0 Å². The maximum Gasteiger partial charge on any atom is 0.199 e. The highest BCUT2D eigenvalue weighted by Crippen LogP contribution is 2.30. The largest absolute Gasteiger partial charge is 0.507 e. The van der Waals surface area contributed by atoms with Gasteiger partial charge in [0.1, 0.15) is 22.5 Å². The molecule has 1 heterocycles. The predicted octanol–water partition coefficient (Wildman–Crippen LogP) is 6.32. The van der Waals surface area contributed by atoms with Gasteiger partial charge in [-0.2, -0.15) is 0 Å². The van der Waals surface area contributed by atoms with Crippen LogP contribution in [0.3, 0.4) is 0 Å². The molecule has 0 spiro atoms. The quantitative estimate of drug-likeness (QED) is 0.553. The molecule has 0 unspecified atom stereocenters. The molecule has 0 fully saturated rings. The normalized spacial score (nSPS) is 10.3. The number of allylic oxidation sites excluding steroid dienone is 2. The summed E-state index contributed by atoms with van der Waals surface area (Å²) in [6.45, 7) is 12.0. The lowest BCUT2D eigenvalue weighted by molar-refractivity contribution is 0.479. The topological polar surface area (TPSA) is 50.4 Å². The van der Waals surface area contributed by atoms with Crippen molar-refractivity contribution in [3.05, 3.63) is 75.0 Å². The van der Waals surface area contributed by atoms with Crippen molar-refractivity contribution >= 4 is 11.0 Å². The summed E-state index contributed by atoms with van der Waals surface area (Å²) in [6.07, 6.45) is 3.03. The maximum atomic E-state index is 12.7. The van der Waals surface area contributed by atoms with Gasteiger partial charge in [0.15, 0.2) is 5.43 Å². The van der Waals surface area contributed by atoms with Gasteiger partial charge in [0.25, 0.3) is 0 Å². The molecule has 3 heteroatoms. The van der Waals surface area contributed by atoms with Crippen molar-refractivity contribution in [2.45, 2.75) is 48.0 Å². The fourth-order valence-electron chi connectivity index (χ4n) is 2.93. The maximum absolute atomic E-state index is 12.7. The van der Waals surface area contributed by atoms with Gasteiger partial charge >= 0.3 is 0 Å². The zero-order valence-electron chi connectivity index (χ0n) is 17.0. The lowest BCUT2D eigenvalue weighted by atomic mass is 9.98. The number of aromatic hydroxyl groups is 1. The molecule has 2 aromatic carbocycles. The van der Waals surface area contributed by atoms with E-state index in [2.05, 4.69) is 39.0 Å². The van der Waals surface area contributed by atoms with E-state index in [1.807, 2.05) is 19.9 Å². The summed E-state index contributed by atoms with van der Waals surface area (Å²) in [7, 11) is 0. The standard InChI is InChI=1S/C22H22O3.C2H6/c1-13(2)8-10-16-12-17(11-9-14(16)3)22-15(4)21(24)20-18(23)6-5-7-19(20)25-22;1-2/h5-9,11-12,23H,10H2,1-4H3;1-2H3. The van der Waals surface area contributed by atoms with Crippen molar-refractivity contribution in [2.24, 2.45) is 0 Å². The van der Waals surface area contributed by atoms with E-state index < -0.39 is 0 Å². The van der Waals surface area contributed by atoms with Crippen LogP contribution in [0.4, 0.5) is 0 Å². The highest BCUT2D eigenvalue weighted by Gasteiger charge is 2.15. The summed E-state index contributed by atoms with van der Waals surface area (Å²) in [5.74, 6) is 0.510. The molecular formula is C24H28O3. The Bertz CT molecular complexity index is 1040. The molecule has 27 heavy (non-hydrogen) atoms. The van der Waals surface area contributed by atoms with E-state index in [9.17, 15) is 9.90 Å². The van der Waals surface area contributed by atoms with Crippen LogP contribution in [-0.4, -0.2) is 5.11 Å². The number of rotatable bonds is 3. The van der Waals surface area contributed by atoms with Crippen LogP contribution in [0.1, 0.15) is 44.4 Å². The molecule has 1 aromatic heterocycles. The lowest BCUT2D eigenvalue weighted by Crippen LogP contribution is -2.07. The van der Waals surface area contributed by atoms with E-state index in [1.54, 1.807) is 19.1 Å². The van der Waals surface area contributed by atoms with E-state index in [0.29, 0.717) is 16.9 Å². The van der Waals surface area contributed by atoms with Crippen molar-refractivity contribution < 1.29 is 9.52 Å². The first kappa shape index (κ1) is 20.5. The molecule has 0 amide bonds. The fraction of sp³-hybridized carbons (Fsp3) is 0.292. The molecule has 1 N–H and O–H groups in total. The van der Waals surface area contributed by atoms with Gasteiger partial charge in [-0.05, 0) is 63.4 Å². The van der Waals surface area contributed by atoms with Gasteiger partial charge in [0.05, 0.1) is 0 Å². The Morgan fingerprint density at radius 3 is 2.48 bits per heavy atom. The molecule has 0 aliphatic carbocycles. The van der Waals surface area contributed by atoms with E-state index in [-0.39, 0.29) is 16.6 Å². The van der Waals surface area contributed by atoms with Crippen molar-refractivity contribution in [2.75, 3.05) is 0 Å². The third-order valence-corrected chi connectivity index (χ3v) is 4.47. The van der Waals surface area contributed by atoms with Crippen LogP contribution in [0, 0.1) is 13.8 Å². The molecule has 0 atom stereocenters. The van der Waals surface area contributed by atoms with E-state index in [0.717, 1.165) is 12.0 Å². The van der Waals surface area contributed by atoms with Crippen molar-refractivity contribution in [1.29, 1.82) is 0 Å². The second kappa shape index (κ2) is 8.72. The number of hydrogen-bond donors (Lipinski definition) is 1. The molecule has 3 aromatic rings. The Balaban J connectivity index is 0.00000126. The minimum absolute atomic E-state index is 0.0472. The summed E-state index contributed by atoms with van der Waals surface area (Å²) in [5, 5.41) is 10.2. The van der Waals surface area contributed by atoms with Gasteiger partial charge in [-0.15, -0.1) is 0 Å². The number of phenolic OH excluding ortho intramolecular Hbond substituents is 1. The Hall–Kier alpha value is -2.81. The highest BCUT2D eigenvalue weighted by molar-refractivity contribution is 5.85. The number of aryl methyl sites for hydroxylation is 1. The van der Waals surface area contributed by atoms with Gasteiger partial charge in [0, 0.05) is 11.1 Å². The summed E-state index contributed by atoms with van der Waals surface area (Å²) in [5.41, 5.74) is 5.27. The Kier molecular flexibility index (Phi) is 6.62. The number of hydrogen-bond acceptors (Lipinski definition) is 3. The SMILES string of the molecule is CC.CC(C)=CCc1cc(-c2oc3cccc(O)c3c(=O)c2C)ccc1C. The summed E-state index contributed by atoms with van der Waals surface area (Å²) < 4.78 is 5.99. The molecule has 0 aliphatic rings. The van der Waals surface area contributed by atoms with Gasteiger partial charge < -0.3 is 9.52 Å². The average molecular weight is 364 g/mol. The van der Waals surface area contributed by atoms with Gasteiger partial charge in [-0.1, -0.05) is 43.7 Å². The molecule has 0 aliphatic heterocycles. The van der Waals surface area contributed by atoms with Crippen LogP contribution < -0.4 is 5.43 Å². The van der Waals surface area contributed by atoms with Crippen molar-refractivity contribution in [3.8, 4) is 17.1 Å². The smallest absolute Gasteiger partial charge is 0.199 e. The Morgan fingerprint density at radius 2 is 1.81 bits per heavy atom. The van der Waals surface area contributed by atoms with Gasteiger partial charge in [0.2, 0.25) is 0 Å². The summed E-state index contributed by atoms with van der Waals surface area (Å²) >= 11 is 0. The van der Waals surface area contributed by atoms with Crippen LogP contribution in [0.15, 0.2) is 57.3 Å². The summed E-state index contributed by atoms with van der Waals surface area (Å²) in [4.78, 5) is 12.7. The Morgan fingerprint density at radius 1 is 1.11 bits per heavy atom. The van der Waals surface area contributed by atoms with E-state index >= 15 is 0 Å². The van der Waals surface area contributed by atoms with Crippen LogP contribution in [0.25, 0.3) is 22.3 Å². The number of benzene rings is 2. The second-order valence-electron chi connectivity index (χ2n) is 6.66. The van der Waals surface area contributed by atoms with Crippen molar-refractivity contribution in [1.82, 2.24) is 0 Å². The van der Waals surface area contributed by atoms with Gasteiger partial charge in [-0.25, -0.2) is 0 Å². The first-order valence-corrected chi connectivity index (χ1v) is 9.37. The number of phenols is 1. The number of fused-ring (bicyclic) bond motifs is 1. The van der Waals surface area contributed by atoms with E-state index in [4.69, 9.17) is 4.42 Å². The minimum Gasteiger partial charge on any atom is -0.507 e. The zero-order valence-corrected chi connectivity index (χ0v) is 17.0. The third kappa shape index (κ3) is 4.30. The fourth-order valence-corrected chi connectivity index (χ4v) is 2.93. The zero-order chi connectivity index (χ0) is 20.1. The van der Waals surface area contributed by atoms with E-state index in [1.165, 1.54) is 22.8 Å². The first-order chi connectivity index (χ1) is 12.9. The second-order valence-corrected chi connectivity index (χ2v) is 6.66. The predicted molar refractivity (Wildman–Crippen MR) is 114 cm³/mol. The van der Waals surface area contributed by atoms with Crippen LogP contribution in [-0.2, 0) is 6.42 Å². The molecular weight excluding hydrogens is 336 g/mol. The molecule has 142 valence electrons. The molecule has 0 saturated carbocycles. The minimum atomic E-state index is -0.194. The van der Waals surface area contributed by atoms with Crippen LogP contribution in [0.5, 0.6) is 5.75 Å². The average Bonchev–Trinajstić information content (AvgIpc) is 2.65. The monoisotopic (exact) mass is 364 g/mol.